The Bertz CT molecular complexity index is 998. The average Bonchev–Trinajstić information content (AvgIpc) is 2.80. The Balaban J connectivity index is 1.39. The second-order valence-electron chi connectivity index (χ2n) is 8.46. The van der Waals surface area contributed by atoms with Gasteiger partial charge in [-0.05, 0) is 61.9 Å². The number of piperidine rings is 2. The van der Waals surface area contributed by atoms with Crippen molar-refractivity contribution in [2.45, 2.75) is 37.5 Å². The molecular formula is C22H29N5O3S. The standard InChI is InChI=1S/C22H29N5O3S/c1-17-5-2-14-27(15-17)31(29,30)20-9-7-19(8-10-20)25-21(28)18-6-3-13-26(16-18)22-23-11-4-12-24-22/h4,7-12,17-18H,2-3,5-6,13-16H2,1H3,(H,25,28). The second-order valence-corrected chi connectivity index (χ2v) is 10.4. The van der Waals surface area contributed by atoms with Crippen molar-refractivity contribution < 1.29 is 13.2 Å². The van der Waals surface area contributed by atoms with Crippen molar-refractivity contribution in [3.8, 4) is 0 Å². The highest BCUT2D eigenvalue weighted by atomic mass is 32.2. The zero-order chi connectivity index (χ0) is 21.8. The van der Waals surface area contributed by atoms with Crippen LogP contribution in [0.15, 0.2) is 47.6 Å². The monoisotopic (exact) mass is 443 g/mol. The van der Waals surface area contributed by atoms with Crippen molar-refractivity contribution in [1.29, 1.82) is 0 Å². The van der Waals surface area contributed by atoms with Crippen LogP contribution in [0.25, 0.3) is 0 Å². The van der Waals surface area contributed by atoms with E-state index in [-0.39, 0.29) is 16.7 Å². The van der Waals surface area contributed by atoms with Gasteiger partial charge in [0.25, 0.3) is 0 Å². The number of nitrogens with one attached hydrogen (secondary N) is 1. The van der Waals surface area contributed by atoms with Gasteiger partial charge in [-0.2, -0.15) is 4.31 Å². The Hall–Kier alpha value is -2.52. The number of benzene rings is 1. The van der Waals surface area contributed by atoms with Crippen LogP contribution in [0, 0.1) is 11.8 Å². The van der Waals surface area contributed by atoms with Gasteiger partial charge in [0.15, 0.2) is 0 Å². The molecule has 2 aromatic rings. The van der Waals surface area contributed by atoms with E-state index in [4.69, 9.17) is 0 Å². The molecule has 2 saturated heterocycles. The molecule has 0 aliphatic carbocycles. The van der Waals surface area contributed by atoms with Crippen molar-refractivity contribution >= 4 is 27.6 Å². The summed E-state index contributed by atoms with van der Waals surface area (Å²) in [5.41, 5.74) is 0.601. The molecule has 1 aromatic heterocycles. The largest absolute Gasteiger partial charge is 0.340 e. The molecule has 8 nitrogen and oxygen atoms in total. The van der Waals surface area contributed by atoms with Crippen molar-refractivity contribution in [1.82, 2.24) is 14.3 Å². The summed E-state index contributed by atoms with van der Waals surface area (Å²) in [5.74, 6) is 0.775. The van der Waals surface area contributed by atoms with Crippen molar-refractivity contribution in [3.05, 3.63) is 42.7 Å². The Morgan fingerprint density at radius 1 is 1.03 bits per heavy atom. The fourth-order valence-corrected chi connectivity index (χ4v) is 5.89. The zero-order valence-corrected chi connectivity index (χ0v) is 18.6. The molecule has 3 heterocycles. The van der Waals surface area contributed by atoms with Gasteiger partial charge in [0.1, 0.15) is 0 Å². The van der Waals surface area contributed by atoms with Gasteiger partial charge in [-0.15, -0.1) is 0 Å². The third kappa shape index (κ3) is 5.04. The van der Waals surface area contributed by atoms with Crippen LogP contribution >= 0.6 is 0 Å². The van der Waals surface area contributed by atoms with E-state index in [1.165, 1.54) is 0 Å². The molecule has 1 N–H and O–H groups in total. The lowest BCUT2D eigenvalue weighted by Gasteiger charge is -2.32. The minimum absolute atomic E-state index is 0.0684. The Morgan fingerprint density at radius 3 is 2.45 bits per heavy atom. The molecule has 0 saturated carbocycles. The third-order valence-corrected chi connectivity index (χ3v) is 7.89. The number of amides is 1. The molecular weight excluding hydrogens is 414 g/mol. The third-order valence-electron chi connectivity index (χ3n) is 6.01. The summed E-state index contributed by atoms with van der Waals surface area (Å²) < 4.78 is 27.4. The number of sulfonamides is 1. The van der Waals surface area contributed by atoms with Crippen LogP contribution in [-0.4, -0.2) is 54.8 Å². The van der Waals surface area contributed by atoms with Gasteiger partial charge < -0.3 is 10.2 Å². The molecule has 31 heavy (non-hydrogen) atoms. The fraction of sp³-hybridized carbons (Fsp3) is 0.500. The number of carbonyl (C=O) groups is 1. The summed E-state index contributed by atoms with van der Waals surface area (Å²) in [6.45, 7) is 4.60. The van der Waals surface area contributed by atoms with Gasteiger partial charge in [-0.25, -0.2) is 18.4 Å². The normalized spacial score (nSPS) is 22.8. The Morgan fingerprint density at radius 2 is 1.74 bits per heavy atom. The van der Waals surface area contributed by atoms with E-state index < -0.39 is 10.0 Å². The van der Waals surface area contributed by atoms with Crippen molar-refractivity contribution in [2.75, 3.05) is 36.4 Å². The first-order valence-electron chi connectivity index (χ1n) is 10.9. The Kier molecular flexibility index (Phi) is 6.52. The van der Waals surface area contributed by atoms with E-state index in [0.717, 1.165) is 32.2 Å². The molecule has 2 unspecified atom stereocenters. The quantitative estimate of drug-likeness (QED) is 0.763. The van der Waals surface area contributed by atoms with Crippen LogP contribution in [0.5, 0.6) is 0 Å². The highest BCUT2D eigenvalue weighted by Gasteiger charge is 2.29. The molecule has 2 atom stereocenters. The number of carbonyl (C=O) groups excluding carboxylic acids is 1. The summed E-state index contributed by atoms with van der Waals surface area (Å²) >= 11 is 0. The maximum atomic E-state index is 12.9. The van der Waals surface area contributed by atoms with Crippen LogP contribution in [-0.2, 0) is 14.8 Å². The topological polar surface area (TPSA) is 95.5 Å². The minimum atomic E-state index is -3.50. The van der Waals surface area contributed by atoms with Crippen molar-refractivity contribution in [2.24, 2.45) is 11.8 Å². The predicted molar refractivity (Wildman–Crippen MR) is 119 cm³/mol. The molecule has 2 aliphatic heterocycles. The van der Waals surface area contributed by atoms with E-state index >= 15 is 0 Å². The number of hydrogen-bond acceptors (Lipinski definition) is 6. The Labute approximate surface area is 183 Å². The first kappa shape index (κ1) is 21.7. The highest BCUT2D eigenvalue weighted by Crippen LogP contribution is 2.25. The van der Waals surface area contributed by atoms with Gasteiger partial charge in [0.05, 0.1) is 10.8 Å². The van der Waals surface area contributed by atoms with Crippen LogP contribution in [0.4, 0.5) is 11.6 Å². The molecule has 4 rings (SSSR count). The molecule has 166 valence electrons. The van der Waals surface area contributed by atoms with Gasteiger partial charge in [-0.3, -0.25) is 4.79 Å². The minimum Gasteiger partial charge on any atom is -0.340 e. The molecule has 0 bridgehead atoms. The molecule has 1 aromatic carbocycles. The van der Waals surface area contributed by atoms with Gasteiger partial charge in [0, 0.05) is 44.3 Å². The molecule has 2 fully saturated rings. The molecule has 9 heteroatoms. The smallest absolute Gasteiger partial charge is 0.243 e. The van der Waals surface area contributed by atoms with E-state index in [2.05, 4.69) is 22.2 Å². The SMILES string of the molecule is CC1CCCN(S(=O)(=O)c2ccc(NC(=O)C3CCCN(c4ncccn4)C3)cc2)C1. The number of anilines is 2. The van der Waals surface area contributed by atoms with E-state index in [0.29, 0.717) is 37.2 Å². The number of rotatable bonds is 5. The zero-order valence-electron chi connectivity index (χ0n) is 17.8. The van der Waals surface area contributed by atoms with Crippen molar-refractivity contribution in [3.63, 3.8) is 0 Å². The summed E-state index contributed by atoms with van der Waals surface area (Å²) in [6, 6.07) is 8.26. The first-order chi connectivity index (χ1) is 14.9. The number of aromatic nitrogens is 2. The lowest BCUT2D eigenvalue weighted by molar-refractivity contribution is -0.120. The summed E-state index contributed by atoms with van der Waals surface area (Å²) in [5, 5.41) is 2.93. The van der Waals surface area contributed by atoms with Crippen LogP contribution < -0.4 is 10.2 Å². The maximum Gasteiger partial charge on any atom is 0.243 e. The van der Waals surface area contributed by atoms with Gasteiger partial charge in [0.2, 0.25) is 21.9 Å². The highest BCUT2D eigenvalue weighted by molar-refractivity contribution is 7.89. The average molecular weight is 444 g/mol. The van der Waals surface area contributed by atoms with E-state index in [1.807, 2.05) is 4.90 Å². The van der Waals surface area contributed by atoms with E-state index in [1.54, 1.807) is 47.0 Å². The predicted octanol–water partition coefficient (Wildman–Crippen LogP) is 2.75. The lowest BCUT2D eigenvalue weighted by atomic mass is 9.97. The summed E-state index contributed by atoms with van der Waals surface area (Å²) in [7, 11) is -3.50. The summed E-state index contributed by atoms with van der Waals surface area (Å²) in [4.78, 5) is 23.7. The fourth-order valence-electron chi connectivity index (χ4n) is 4.30. The van der Waals surface area contributed by atoms with Crippen LogP contribution in [0.3, 0.4) is 0 Å². The van der Waals surface area contributed by atoms with Crippen LogP contribution in [0.2, 0.25) is 0 Å². The second kappa shape index (κ2) is 9.32. The molecule has 0 spiro atoms. The van der Waals surface area contributed by atoms with Crippen LogP contribution in [0.1, 0.15) is 32.6 Å². The lowest BCUT2D eigenvalue weighted by Crippen LogP contribution is -2.41. The van der Waals surface area contributed by atoms with Gasteiger partial charge in [-0.1, -0.05) is 6.92 Å². The summed E-state index contributed by atoms with van der Waals surface area (Å²) in [6.07, 6.45) is 7.04. The van der Waals surface area contributed by atoms with E-state index in [9.17, 15) is 13.2 Å². The molecule has 2 aliphatic rings. The number of hydrogen-bond donors (Lipinski definition) is 1. The molecule has 1 amide bonds. The molecule has 0 radical (unpaired) electrons. The van der Waals surface area contributed by atoms with Gasteiger partial charge >= 0.3 is 0 Å². The number of nitrogens with zero attached hydrogens (tertiary/aromatic N) is 4. The maximum absolute atomic E-state index is 12.9. The first-order valence-corrected chi connectivity index (χ1v) is 12.3.